The van der Waals surface area contributed by atoms with Gasteiger partial charge in [0.05, 0.1) is 11.5 Å². The molecular formula is C11H18N2O4S. The number of carbonyl (C=O) groups excluding carboxylic acids is 1. The first-order chi connectivity index (χ1) is 8.52. The van der Waals surface area contributed by atoms with Crippen LogP contribution >= 0.6 is 11.8 Å². The zero-order valence-electron chi connectivity index (χ0n) is 10.5. The number of methoxy groups -OCH3 is 1. The second-order valence-corrected chi connectivity index (χ2v) is 6.02. The van der Waals surface area contributed by atoms with Crippen molar-refractivity contribution < 1.29 is 19.4 Å². The molecule has 0 radical (unpaired) electrons. The lowest BCUT2D eigenvalue weighted by Crippen LogP contribution is -2.55. The number of carbonyl (C=O) groups is 2. The Morgan fingerprint density at radius 2 is 2.11 bits per heavy atom. The Labute approximate surface area is 110 Å². The van der Waals surface area contributed by atoms with Crippen LogP contribution in [-0.4, -0.2) is 58.4 Å². The van der Waals surface area contributed by atoms with E-state index in [1.807, 2.05) is 6.92 Å². The average molecular weight is 274 g/mol. The van der Waals surface area contributed by atoms with E-state index < -0.39 is 12.0 Å². The van der Waals surface area contributed by atoms with E-state index in [-0.39, 0.29) is 23.6 Å². The van der Waals surface area contributed by atoms with Gasteiger partial charge >= 0.3 is 12.0 Å². The summed E-state index contributed by atoms with van der Waals surface area (Å²) in [7, 11) is 1.66. The Morgan fingerprint density at radius 3 is 2.67 bits per heavy atom. The van der Waals surface area contributed by atoms with Crippen molar-refractivity contribution in [1.82, 2.24) is 10.2 Å². The van der Waals surface area contributed by atoms with Gasteiger partial charge in [-0.2, -0.15) is 0 Å². The van der Waals surface area contributed by atoms with Gasteiger partial charge in [0.1, 0.15) is 6.04 Å². The summed E-state index contributed by atoms with van der Waals surface area (Å²) in [4.78, 5) is 24.6. The van der Waals surface area contributed by atoms with E-state index in [4.69, 9.17) is 9.84 Å². The van der Waals surface area contributed by atoms with Gasteiger partial charge in [0.2, 0.25) is 0 Å². The smallest absolute Gasteiger partial charge is 0.327 e. The third kappa shape index (κ3) is 2.56. The minimum atomic E-state index is -0.939. The standard InChI is InChI=1S/C11H18N2O4S/c1-6-13(9(5-18-6)10(14)15)11(16)12-7-3-8(4-7)17-2/h6-9H,3-5H2,1-2H3,(H,12,16)(H,14,15). The maximum absolute atomic E-state index is 12.1. The zero-order chi connectivity index (χ0) is 13.3. The number of rotatable bonds is 3. The number of carboxylic acids is 1. The molecule has 2 N–H and O–H groups in total. The fourth-order valence-corrected chi connectivity index (χ4v) is 3.43. The van der Waals surface area contributed by atoms with Crippen LogP contribution in [-0.2, 0) is 9.53 Å². The summed E-state index contributed by atoms with van der Waals surface area (Å²) in [6, 6.07) is -0.891. The summed E-state index contributed by atoms with van der Waals surface area (Å²) in [5.74, 6) is -0.486. The third-order valence-electron chi connectivity index (χ3n) is 3.50. The first-order valence-corrected chi connectivity index (χ1v) is 7.03. The van der Waals surface area contributed by atoms with Crippen LogP contribution in [0.4, 0.5) is 4.79 Å². The van der Waals surface area contributed by atoms with Crippen molar-refractivity contribution in [3.05, 3.63) is 0 Å². The molecule has 2 atom stereocenters. The molecule has 2 amide bonds. The van der Waals surface area contributed by atoms with Gasteiger partial charge in [-0.25, -0.2) is 9.59 Å². The van der Waals surface area contributed by atoms with Crippen LogP contribution in [0.3, 0.4) is 0 Å². The van der Waals surface area contributed by atoms with E-state index in [1.165, 1.54) is 16.7 Å². The highest BCUT2D eigenvalue weighted by atomic mass is 32.2. The highest BCUT2D eigenvalue weighted by Crippen LogP contribution is 2.30. The van der Waals surface area contributed by atoms with Crippen LogP contribution in [0.15, 0.2) is 0 Å². The van der Waals surface area contributed by atoms with Crippen LogP contribution in [0.5, 0.6) is 0 Å². The number of nitrogens with one attached hydrogen (secondary N) is 1. The van der Waals surface area contributed by atoms with Crippen LogP contribution in [0.2, 0.25) is 0 Å². The topological polar surface area (TPSA) is 78.9 Å². The van der Waals surface area contributed by atoms with E-state index in [9.17, 15) is 9.59 Å². The number of carboxylic acid groups (broad SMARTS) is 1. The predicted molar refractivity (Wildman–Crippen MR) is 67.5 cm³/mol. The number of amides is 2. The van der Waals surface area contributed by atoms with Crippen molar-refractivity contribution in [2.75, 3.05) is 12.9 Å². The second kappa shape index (κ2) is 5.36. The fraction of sp³-hybridized carbons (Fsp3) is 0.818. The molecule has 2 rings (SSSR count). The van der Waals surface area contributed by atoms with E-state index in [0.29, 0.717) is 5.75 Å². The molecule has 0 aromatic carbocycles. The molecule has 0 spiro atoms. The lowest BCUT2D eigenvalue weighted by molar-refractivity contribution is -0.141. The summed E-state index contributed by atoms with van der Waals surface area (Å²) in [6.07, 6.45) is 1.82. The second-order valence-electron chi connectivity index (χ2n) is 4.67. The molecule has 2 fully saturated rings. The number of hydrogen-bond acceptors (Lipinski definition) is 4. The SMILES string of the molecule is COC1CC(NC(=O)N2C(C)SCC2C(=O)O)C1. The maximum Gasteiger partial charge on any atom is 0.327 e. The predicted octanol–water partition coefficient (Wildman–Crippen LogP) is 0.721. The van der Waals surface area contributed by atoms with Gasteiger partial charge in [0.25, 0.3) is 0 Å². The van der Waals surface area contributed by atoms with Gasteiger partial charge in [0, 0.05) is 18.9 Å². The number of aliphatic carboxylic acids is 1. The Bertz CT molecular complexity index is 346. The summed E-state index contributed by atoms with van der Waals surface area (Å²) in [5, 5.41) is 11.9. The molecule has 102 valence electrons. The first-order valence-electron chi connectivity index (χ1n) is 5.99. The van der Waals surface area contributed by atoms with Gasteiger partial charge in [-0.15, -0.1) is 11.8 Å². The van der Waals surface area contributed by atoms with E-state index >= 15 is 0 Å². The summed E-state index contributed by atoms with van der Waals surface area (Å²) < 4.78 is 5.14. The van der Waals surface area contributed by atoms with Gasteiger partial charge in [-0.05, 0) is 19.8 Å². The van der Waals surface area contributed by atoms with Crippen LogP contribution in [0.1, 0.15) is 19.8 Å². The molecule has 1 saturated carbocycles. The third-order valence-corrected chi connectivity index (χ3v) is 4.72. The number of ether oxygens (including phenoxy) is 1. The molecule has 6 nitrogen and oxygen atoms in total. The van der Waals surface area contributed by atoms with E-state index in [2.05, 4.69) is 5.32 Å². The van der Waals surface area contributed by atoms with Crippen LogP contribution in [0, 0.1) is 0 Å². The molecule has 1 heterocycles. The quantitative estimate of drug-likeness (QED) is 0.793. The highest BCUT2D eigenvalue weighted by Gasteiger charge is 2.41. The van der Waals surface area contributed by atoms with E-state index in [0.717, 1.165) is 12.8 Å². The van der Waals surface area contributed by atoms with Crippen molar-refractivity contribution in [3.63, 3.8) is 0 Å². The molecule has 1 aliphatic carbocycles. The Hall–Kier alpha value is -0.950. The molecule has 7 heteroatoms. The highest BCUT2D eigenvalue weighted by molar-refractivity contribution is 8.00. The van der Waals surface area contributed by atoms with Gasteiger partial charge < -0.3 is 15.2 Å². The first kappa shape index (κ1) is 13.5. The molecule has 1 saturated heterocycles. The van der Waals surface area contributed by atoms with Crippen molar-refractivity contribution in [1.29, 1.82) is 0 Å². The molecule has 1 aliphatic heterocycles. The Morgan fingerprint density at radius 1 is 1.44 bits per heavy atom. The van der Waals surface area contributed by atoms with Crippen LogP contribution < -0.4 is 5.32 Å². The number of urea groups is 1. The molecule has 2 unspecified atom stereocenters. The van der Waals surface area contributed by atoms with Gasteiger partial charge in [-0.3, -0.25) is 4.90 Å². The van der Waals surface area contributed by atoms with Crippen molar-refractivity contribution in [2.45, 2.75) is 43.3 Å². The fourth-order valence-electron chi connectivity index (χ4n) is 2.27. The average Bonchev–Trinajstić information content (AvgIpc) is 2.64. The van der Waals surface area contributed by atoms with Crippen LogP contribution in [0.25, 0.3) is 0 Å². The minimum absolute atomic E-state index is 0.0931. The normalized spacial score (nSPS) is 35.1. The molecule has 0 aromatic rings. The maximum atomic E-state index is 12.1. The number of hydrogen-bond donors (Lipinski definition) is 2. The Kier molecular flexibility index (Phi) is 4.01. The zero-order valence-corrected chi connectivity index (χ0v) is 11.3. The number of thioether (sulfide) groups is 1. The summed E-state index contributed by atoms with van der Waals surface area (Å²) in [6.45, 7) is 1.85. The lowest BCUT2D eigenvalue weighted by atomic mass is 9.89. The minimum Gasteiger partial charge on any atom is -0.480 e. The van der Waals surface area contributed by atoms with Crippen molar-refractivity contribution in [3.8, 4) is 0 Å². The summed E-state index contributed by atoms with van der Waals surface area (Å²) >= 11 is 1.49. The Balaban J connectivity index is 1.89. The van der Waals surface area contributed by atoms with Crippen molar-refractivity contribution >= 4 is 23.8 Å². The molecule has 0 aromatic heterocycles. The molecule has 18 heavy (non-hydrogen) atoms. The largest absolute Gasteiger partial charge is 0.480 e. The molecular weight excluding hydrogens is 256 g/mol. The van der Waals surface area contributed by atoms with E-state index in [1.54, 1.807) is 7.11 Å². The molecule has 2 aliphatic rings. The molecule has 0 bridgehead atoms. The lowest BCUT2D eigenvalue weighted by Gasteiger charge is -2.36. The van der Waals surface area contributed by atoms with Crippen molar-refractivity contribution in [2.24, 2.45) is 0 Å². The summed E-state index contributed by atoms with van der Waals surface area (Å²) in [5.41, 5.74) is 0. The number of nitrogens with zero attached hydrogens (tertiary/aromatic N) is 1. The van der Waals surface area contributed by atoms with Gasteiger partial charge in [-0.1, -0.05) is 0 Å². The van der Waals surface area contributed by atoms with Gasteiger partial charge in [0.15, 0.2) is 0 Å². The monoisotopic (exact) mass is 274 g/mol.